The van der Waals surface area contributed by atoms with E-state index in [1.807, 2.05) is 18.2 Å². The van der Waals surface area contributed by atoms with Gasteiger partial charge >= 0.3 is 0 Å². The second kappa shape index (κ2) is 7.22. The molecule has 0 heterocycles. The zero-order chi connectivity index (χ0) is 11.8. The normalized spacial score (nSPS) is 12.4. The Labute approximate surface area is 95.8 Å². The van der Waals surface area contributed by atoms with E-state index in [4.69, 9.17) is 14.2 Å². The van der Waals surface area contributed by atoms with Crippen molar-refractivity contribution in [3.63, 3.8) is 0 Å². The fourth-order valence-electron chi connectivity index (χ4n) is 1.18. The fraction of sp³-hybridized carbons (Fsp3) is 0.500. The van der Waals surface area contributed by atoms with Gasteiger partial charge in [-0.15, -0.1) is 0 Å². The van der Waals surface area contributed by atoms with E-state index in [-0.39, 0.29) is 6.79 Å². The van der Waals surface area contributed by atoms with Gasteiger partial charge in [0.1, 0.15) is 5.75 Å². The number of methoxy groups -OCH3 is 1. The van der Waals surface area contributed by atoms with Crippen LogP contribution in [0.15, 0.2) is 24.3 Å². The summed E-state index contributed by atoms with van der Waals surface area (Å²) in [6.45, 7) is 2.96. The minimum atomic E-state index is -0.488. The molecule has 1 aromatic rings. The van der Waals surface area contributed by atoms with Gasteiger partial charge in [0.15, 0.2) is 6.79 Å². The van der Waals surface area contributed by atoms with Gasteiger partial charge in [-0.25, -0.2) is 0 Å². The van der Waals surface area contributed by atoms with E-state index in [1.54, 1.807) is 20.1 Å². The second-order valence-corrected chi connectivity index (χ2v) is 3.41. The maximum absolute atomic E-state index is 9.39. The molecule has 0 amide bonds. The summed E-state index contributed by atoms with van der Waals surface area (Å²) < 4.78 is 15.4. The number of hydrogen-bond donors (Lipinski definition) is 1. The van der Waals surface area contributed by atoms with E-state index in [9.17, 15) is 5.11 Å². The van der Waals surface area contributed by atoms with Crippen LogP contribution in [-0.4, -0.2) is 32.2 Å². The summed E-state index contributed by atoms with van der Waals surface area (Å²) in [5, 5.41) is 9.39. The average Bonchev–Trinajstić information content (AvgIpc) is 2.29. The average molecular weight is 226 g/mol. The Hall–Kier alpha value is -1.10. The van der Waals surface area contributed by atoms with Crippen LogP contribution in [0.1, 0.15) is 18.6 Å². The van der Waals surface area contributed by atoms with Crippen molar-refractivity contribution in [2.75, 3.05) is 27.1 Å². The SMILES string of the molecule is COCCOCOc1cccc(C(C)O)c1. The molecule has 4 heteroatoms. The summed E-state index contributed by atoms with van der Waals surface area (Å²) in [7, 11) is 1.62. The summed E-state index contributed by atoms with van der Waals surface area (Å²) in [5.74, 6) is 0.691. The molecule has 0 aliphatic heterocycles. The Morgan fingerprint density at radius 1 is 1.31 bits per heavy atom. The van der Waals surface area contributed by atoms with Gasteiger partial charge < -0.3 is 19.3 Å². The summed E-state index contributed by atoms with van der Waals surface area (Å²) in [6, 6.07) is 7.31. The van der Waals surface area contributed by atoms with Gasteiger partial charge in [-0.05, 0) is 24.6 Å². The largest absolute Gasteiger partial charge is 0.468 e. The lowest BCUT2D eigenvalue weighted by Crippen LogP contribution is -2.07. The van der Waals surface area contributed by atoms with Crippen LogP contribution in [0.4, 0.5) is 0 Å². The molecule has 0 aliphatic carbocycles. The molecule has 0 fully saturated rings. The van der Waals surface area contributed by atoms with E-state index in [0.717, 1.165) is 5.56 Å². The van der Waals surface area contributed by atoms with Crippen LogP contribution in [0, 0.1) is 0 Å². The highest BCUT2D eigenvalue weighted by Gasteiger charge is 2.01. The van der Waals surface area contributed by atoms with Crippen molar-refractivity contribution in [1.82, 2.24) is 0 Å². The lowest BCUT2D eigenvalue weighted by atomic mass is 10.1. The molecule has 1 unspecified atom stereocenters. The van der Waals surface area contributed by atoms with Crippen LogP contribution in [0.5, 0.6) is 5.75 Å². The van der Waals surface area contributed by atoms with Gasteiger partial charge in [0.05, 0.1) is 19.3 Å². The molecular formula is C12H18O4. The first kappa shape index (κ1) is 13.0. The molecule has 0 saturated heterocycles. The molecule has 4 nitrogen and oxygen atoms in total. The Bertz CT molecular complexity index is 299. The molecule has 16 heavy (non-hydrogen) atoms. The van der Waals surface area contributed by atoms with Crippen LogP contribution in [0.3, 0.4) is 0 Å². The smallest absolute Gasteiger partial charge is 0.189 e. The molecule has 0 aromatic heterocycles. The van der Waals surface area contributed by atoms with Gasteiger partial charge in [0.2, 0.25) is 0 Å². The minimum Gasteiger partial charge on any atom is -0.468 e. The molecule has 0 aliphatic rings. The van der Waals surface area contributed by atoms with Crippen molar-refractivity contribution >= 4 is 0 Å². The first-order valence-electron chi connectivity index (χ1n) is 5.21. The Morgan fingerprint density at radius 2 is 2.12 bits per heavy atom. The Kier molecular flexibility index (Phi) is 5.85. The lowest BCUT2D eigenvalue weighted by molar-refractivity contribution is -0.00856. The highest BCUT2D eigenvalue weighted by molar-refractivity contribution is 5.29. The molecular weight excluding hydrogens is 208 g/mol. The topological polar surface area (TPSA) is 47.9 Å². The zero-order valence-electron chi connectivity index (χ0n) is 9.68. The van der Waals surface area contributed by atoms with Gasteiger partial charge in [-0.2, -0.15) is 0 Å². The number of hydrogen-bond acceptors (Lipinski definition) is 4. The molecule has 1 N–H and O–H groups in total. The van der Waals surface area contributed by atoms with E-state index in [2.05, 4.69) is 0 Å². The summed E-state index contributed by atoms with van der Waals surface area (Å²) in [4.78, 5) is 0. The van der Waals surface area contributed by atoms with E-state index >= 15 is 0 Å². The third kappa shape index (κ3) is 4.61. The minimum absolute atomic E-state index is 0.187. The molecule has 0 radical (unpaired) electrons. The Balaban J connectivity index is 2.33. The summed E-state index contributed by atoms with van der Waals surface area (Å²) >= 11 is 0. The summed E-state index contributed by atoms with van der Waals surface area (Å²) in [5.41, 5.74) is 0.828. The van der Waals surface area contributed by atoms with Crippen molar-refractivity contribution in [3.05, 3.63) is 29.8 Å². The predicted octanol–water partition coefficient (Wildman–Crippen LogP) is 1.74. The van der Waals surface area contributed by atoms with E-state index in [0.29, 0.717) is 19.0 Å². The van der Waals surface area contributed by atoms with Crippen LogP contribution in [0.25, 0.3) is 0 Å². The van der Waals surface area contributed by atoms with Crippen molar-refractivity contribution in [1.29, 1.82) is 0 Å². The number of rotatable bonds is 7. The highest BCUT2D eigenvalue weighted by Crippen LogP contribution is 2.18. The van der Waals surface area contributed by atoms with Crippen LogP contribution < -0.4 is 4.74 Å². The third-order valence-corrected chi connectivity index (χ3v) is 2.08. The molecule has 1 rings (SSSR count). The second-order valence-electron chi connectivity index (χ2n) is 3.41. The third-order valence-electron chi connectivity index (χ3n) is 2.08. The van der Waals surface area contributed by atoms with Crippen molar-refractivity contribution in [2.24, 2.45) is 0 Å². The quantitative estimate of drug-likeness (QED) is 0.568. The number of aliphatic hydroxyl groups excluding tert-OH is 1. The number of aliphatic hydroxyl groups is 1. The first-order chi connectivity index (χ1) is 7.74. The van der Waals surface area contributed by atoms with Gasteiger partial charge in [0.25, 0.3) is 0 Å². The van der Waals surface area contributed by atoms with Gasteiger partial charge in [0, 0.05) is 7.11 Å². The molecule has 0 bridgehead atoms. The molecule has 0 spiro atoms. The van der Waals surface area contributed by atoms with E-state index < -0.39 is 6.10 Å². The zero-order valence-corrected chi connectivity index (χ0v) is 9.68. The number of benzene rings is 1. The van der Waals surface area contributed by atoms with Crippen molar-refractivity contribution in [2.45, 2.75) is 13.0 Å². The van der Waals surface area contributed by atoms with Crippen LogP contribution in [0.2, 0.25) is 0 Å². The fourth-order valence-corrected chi connectivity index (χ4v) is 1.18. The molecule has 1 atom stereocenters. The molecule has 0 saturated carbocycles. The number of ether oxygens (including phenoxy) is 3. The van der Waals surface area contributed by atoms with Crippen LogP contribution in [-0.2, 0) is 9.47 Å². The maximum Gasteiger partial charge on any atom is 0.189 e. The van der Waals surface area contributed by atoms with Crippen molar-refractivity contribution in [3.8, 4) is 5.75 Å². The van der Waals surface area contributed by atoms with E-state index in [1.165, 1.54) is 0 Å². The van der Waals surface area contributed by atoms with Gasteiger partial charge in [-0.3, -0.25) is 0 Å². The highest BCUT2D eigenvalue weighted by atomic mass is 16.7. The summed E-state index contributed by atoms with van der Waals surface area (Å²) in [6.07, 6.45) is -0.488. The standard InChI is InChI=1S/C12H18O4/c1-10(13)11-4-3-5-12(8-11)16-9-15-7-6-14-2/h3-5,8,10,13H,6-7,9H2,1-2H3. The first-order valence-corrected chi connectivity index (χ1v) is 5.21. The molecule has 90 valence electrons. The maximum atomic E-state index is 9.39. The van der Waals surface area contributed by atoms with Crippen molar-refractivity contribution < 1.29 is 19.3 Å². The van der Waals surface area contributed by atoms with Gasteiger partial charge in [-0.1, -0.05) is 12.1 Å². The van der Waals surface area contributed by atoms with Crippen LogP contribution >= 0.6 is 0 Å². The monoisotopic (exact) mass is 226 g/mol. The lowest BCUT2D eigenvalue weighted by Gasteiger charge is -2.09. The Morgan fingerprint density at radius 3 is 2.81 bits per heavy atom. The predicted molar refractivity (Wildman–Crippen MR) is 60.4 cm³/mol. The molecule has 1 aromatic carbocycles.